The van der Waals surface area contributed by atoms with Crippen LogP contribution in [-0.2, 0) is 4.74 Å². The monoisotopic (exact) mass is 505 g/mol. The van der Waals surface area contributed by atoms with E-state index in [9.17, 15) is 18.0 Å². The van der Waals surface area contributed by atoms with Crippen molar-refractivity contribution < 1.29 is 22.7 Å². The van der Waals surface area contributed by atoms with Gasteiger partial charge in [0.1, 0.15) is 5.82 Å². The standard InChI is InChI=1S/C21H24Cl2F3N5O2/c22-14-3-2-13(10-15(14)23)16-11-18(21(24,25)26)31-19(28-16)12-17(29-31)20(32)27-4-1-5-30-6-8-33-9-7-30/h2-3,10,12,16,18,28H,1,4-9,11H2,(H,27,32). The van der Waals surface area contributed by atoms with E-state index in [0.717, 1.165) is 30.7 Å². The van der Waals surface area contributed by atoms with Gasteiger partial charge in [0.15, 0.2) is 11.7 Å². The summed E-state index contributed by atoms with van der Waals surface area (Å²) in [7, 11) is 0. The molecule has 2 atom stereocenters. The second-order valence-corrected chi connectivity index (χ2v) is 8.90. The molecule has 1 aromatic carbocycles. The van der Waals surface area contributed by atoms with Crippen molar-refractivity contribution in [3.63, 3.8) is 0 Å². The van der Waals surface area contributed by atoms with Gasteiger partial charge in [-0.3, -0.25) is 9.69 Å². The van der Waals surface area contributed by atoms with Crippen LogP contribution in [0.25, 0.3) is 0 Å². The summed E-state index contributed by atoms with van der Waals surface area (Å²) in [5.41, 5.74) is 0.508. The van der Waals surface area contributed by atoms with E-state index in [4.69, 9.17) is 27.9 Å². The maximum atomic E-state index is 13.8. The summed E-state index contributed by atoms with van der Waals surface area (Å²) < 4.78 is 47.7. The molecule has 180 valence electrons. The van der Waals surface area contributed by atoms with Crippen LogP contribution >= 0.6 is 23.2 Å². The van der Waals surface area contributed by atoms with Crippen LogP contribution in [0, 0.1) is 0 Å². The quantitative estimate of drug-likeness (QED) is 0.572. The number of fused-ring (bicyclic) bond motifs is 1. The van der Waals surface area contributed by atoms with E-state index in [1.165, 1.54) is 6.07 Å². The molecule has 1 aromatic heterocycles. The number of nitrogens with one attached hydrogen (secondary N) is 2. The molecule has 0 saturated carbocycles. The SMILES string of the molecule is O=C(NCCCN1CCOCC1)c1cc2n(n1)C(C(F)(F)F)CC(c1ccc(Cl)c(Cl)c1)N2. The number of hydrogen-bond donors (Lipinski definition) is 2. The van der Waals surface area contributed by atoms with Crippen LogP contribution in [-0.4, -0.2) is 66.2 Å². The van der Waals surface area contributed by atoms with Gasteiger partial charge in [0, 0.05) is 32.1 Å². The van der Waals surface area contributed by atoms with Gasteiger partial charge in [-0.15, -0.1) is 0 Å². The number of benzene rings is 1. The minimum absolute atomic E-state index is 0.0621. The number of ether oxygens (including phenoxy) is 1. The zero-order valence-electron chi connectivity index (χ0n) is 17.7. The minimum atomic E-state index is -4.54. The Bertz CT molecular complexity index is 995. The van der Waals surface area contributed by atoms with Crippen molar-refractivity contribution in [1.29, 1.82) is 0 Å². The second-order valence-electron chi connectivity index (χ2n) is 8.09. The molecule has 2 aromatic rings. The van der Waals surface area contributed by atoms with Crippen LogP contribution < -0.4 is 10.6 Å². The average Bonchev–Trinajstić information content (AvgIpc) is 3.22. The Hall–Kier alpha value is -2.01. The number of carbonyl (C=O) groups excluding carboxylic acids is 1. The lowest BCUT2D eigenvalue weighted by atomic mass is 9.97. The minimum Gasteiger partial charge on any atom is -0.379 e. The number of hydrogen-bond acceptors (Lipinski definition) is 5. The molecule has 4 rings (SSSR count). The second kappa shape index (κ2) is 10.1. The van der Waals surface area contributed by atoms with E-state index in [2.05, 4.69) is 20.6 Å². The van der Waals surface area contributed by atoms with Crippen LogP contribution in [0.2, 0.25) is 10.0 Å². The Morgan fingerprint density at radius 3 is 2.67 bits per heavy atom. The normalized spacial score (nSPS) is 21.4. The molecule has 7 nitrogen and oxygen atoms in total. The van der Waals surface area contributed by atoms with Gasteiger partial charge >= 0.3 is 6.18 Å². The van der Waals surface area contributed by atoms with Crippen LogP contribution in [0.4, 0.5) is 19.0 Å². The van der Waals surface area contributed by atoms with Crippen molar-refractivity contribution in [1.82, 2.24) is 20.0 Å². The van der Waals surface area contributed by atoms with Gasteiger partial charge in [-0.05, 0) is 30.7 Å². The average molecular weight is 506 g/mol. The summed E-state index contributed by atoms with van der Waals surface area (Å²) in [6.07, 6.45) is -4.11. The third kappa shape index (κ3) is 5.74. The summed E-state index contributed by atoms with van der Waals surface area (Å²) in [6, 6.07) is 3.53. The fraction of sp³-hybridized carbons (Fsp3) is 0.524. The van der Waals surface area contributed by atoms with Crippen LogP contribution in [0.3, 0.4) is 0 Å². The number of anilines is 1. The zero-order chi connectivity index (χ0) is 23.6. The van der Waals surface area contributed by atoms with E-state index in [0.29, 0.717) is 30.3 Å². The van der Waals surface area contributed by atoms with Gasteiger partial charge < -0.3 is 15.4 Å². The molecule has 3 heterocycles. The third-order valence-electron chi connectivity index (χ3n) is 5.81. The van der Waals surface area contributed by atoms with Crippen molar-refractivity contribution >= 4 is 34.9 Å². The lowest BCUT2D eigenvalue weighted by molar-refractivity contribution is -0.173. The highest BCUT2D eigenvalue weighted by Crippen LogP contribution is 2.44. The Balaban J connectivity index is 1.44. The highest BCUT2D eigenvalue weighted by atomic mass is 35.5. The summed E-state index contributed by atoms with van der Waals surface area (Å²) in [5.74, 6) is -0.384. The van der Waals surface area contributed by atoms with E-state index in [1.807, 2.05) is 0 Å². The maximum absolute atomic E-state index is 13.8. The van der Waals surface area contributed by atoms with Gasteiger partial charge in [0.25, 0.3) is 5.91 Å². The summed E-state index contributed by atoms with van der Waals surface area (Å²) in [5, 5.41) is 10.3. The number of halogens is 5. The number of carbonyl (C=O) groups is 1. The molecule has 2 aliphatic rings. The van der Waals surface area contributed by atoms with E-state index in [1.54, 1.807) is 18.2 Å². The number of alkyl halides is 3. The largest absolute Gasteiger partial charge is 0.410 e. The van der Waals surface area contributed by atoms with Gasteiger partial charge in [-0.1, -0.05) is 29.3 Å². The molecule has 33 heavy (non-hydrogen) atoms. The van der Waals surface area contributed by atoms with Gasteiger partial charge in [0.05, 0.1) is 29.3 Å². The molecule has 0 spiro atoms. The molecule has 1 amide bonds. The Kier molecular flexibility index (Phi) is 7.37. The van der Waals surface area contributed by atoms with Gasteiger partial charge in [-0.25, -0.2) is 4.68 Å². The molecule has 2 unspecified atom stereocenters. The van der Waals surface area contributed by atoms with Crippen LogP contribution in [0.5, 0.6) is 0 Å². The number of nitrogens with zero attached hydrogens (tertiary/aromatic N) is 3. The van der Waals surface area contributed by atoms with Crippen molar-refractivity contribution in [3.05, 3.63) is 45.6 Å². The molecule has 0 aliphatic carbocycles. The van der Waals surface area contributed by atoms with Crippen LogP contribution in [0.15, 0.2) is 24.3 Å². The highest BCUT2D eigenvalue weighted by Gasteiger charge is 2.46. The molecule has 0 bridgehead atoms. The molecular formula is C21H24Cl2F3N5O2. The van der Waals surface area contributed by atoms with Crippen molar-refractivity contribution in [3.8, 4) is 0 Å². The Morgan fingerprint density at radius 2 is 1.97 bits per heavy atom. The predicted molar refractivity (Wildman–Crippen MR) is 119 cm³/mol. The first-order chi connectivity index (χ1) is 15.7. The van der Waals surface area contributed by atoms with Gasteiger partial charge in [-0.2, -0.15) is 18.3 Å². The first-order valence-electron chi connectivity index (χ1n) is 10.7. The maximum Gasteiger partial charge on any atom is 0.410 e. The molecule has 12 heteroatoms. The fourth-order valence-corrected chi connectivity index (χ4v) is 4.36. The molecule has 2 aliphatic heterocycles. The molecule has 1 fully saturated rings. The number of amides is 1. The van der Waals surface area contributed by atoms with E-state index in [-0.39, 0.29) is 23.0 Å². The Labute approximate surface area is 199 Å². The number of aromatic nitrogens is 2. The Morgan fingerprint density at radius 1 is 1.21 bits per heavy atom. The predicted octanol–water partition coefficient (Wildman–Crippen LogP) is 4.30. The number of rotatable bonds is 6. The number of morpholine rings is 1. The lowest BCUT2D eigenvalue weighted by Gasteiger charge is -2.33. The first-order valence-corrected chi connectivity index (χ1v) is 11.4. The summed E-state index contributed by atoms with van der Waals surface area (Å²) in [4.78, 5) is 14.8. The highest BCUT2D eigenvalue weighted by molar-refractivity contribution is 6.42. The summed E-state index contributed by atoms with van der Waals surface area (Å²) >= 11 is 12.0. The van der Waals surface area contributed by atoms with E-state index >= 15 is 0 Å². The zero-order valence-corrected chi connectivity index (χ0v) is 19.2. The molecule has 0 radical (unpaired) electrons. The van der Waals surface area contributed by atoms with E-state index < -0.39 is 24.2 Å². The first kappa shape index (κ1) is 24.1. The molecule has 1 saturated heterocycles. The van der Waals surface area contributed by atoms with Crippen molar-refractivity contribution in [2.75, 3.05) is 44.7 Å². The summed E-state index contributed by atoms with van der Waals surface area (Å²) in [6.45, 7) is 4.32. The van der Waals surface area contributed by atoms with Crippen molar-refractivity contribution in [2.24, 2.45) is 0 Å². The fourth-order valence-electron chi connectivity index (χ4n) is 4.05. The third-order valence-corrected chi connectivity index (χ3v) is 6.55. The topological polar surface area (TPSA) is 71.4 Å². The molecule has 2 N–H and O–H groups in total. The molecular weight excluding hydrogens is 482 g/mol. The lowest BCUT2D eigenvalue weighted by Crippen LogP contribution is -2.38. The van der Waals surface area contributed by atoms with Gasteiger partial charge in [0.2, 0.25) is 0 Å². The van der Waals surface area contributed by atoms with Crippen molar-refractivity contribution in [2.45, 2.75) is 31.1 Å². The van der Waals surface area contributed by atoms with Crippen LogP contribution in [0.1, 0.15) is 41.0 Å². The smallest absolute Gasteiger partial charge is 0.379 e.